The number of hydrogen-bond acceptors (Lipinski definition) is 5. The Bertz CT molecular complexity index is 3530. The molecule has 0 saturated heterocycles. The number of para-hydroxylation sites is 3. The lowest BCUT2D eigenvalue weighted by Crippen LogP contribution is -2.00. The molecular formula is C51H30N4OS. The van der Waals surface area contributed by atoms with Gasteiger partial charge in [0.2, 0.25) is 0 Å². The Morgan fingerprint density at radius 2 is 1.04 bits per heavy atom. The van der Waals surface area contributed by atoms with Gasteiger partial charge < -0.3 is 8.98 Å². The molecular weight excluding hydrogens is 717 g/mol. The van der Waals surface area contributed by atoms with Crippen molar-refractivity contribution >= 4 is 75.3 Å². The summed E-state index contributed by atoms with van der Waals surface area (Å²) in [6.07, 6.45) is 0. The summed E-state index contributed by atoms with van der Waals surface area (Å²) in [5, 5.41) is 6.93. The van der Waals surface area contributed by atoms with E-state index in [0.717, 1.165) is 55.4 Å². The molecule has 4 aromatic heterocycles. The highest BCUT2D eigenvalue weighted by atomic mass is 32.1. The number of nitrogens with zero attached hydrogens (tertiary/aromatic N) is 4. The van der Waals surface area contributed by atoms with Crippen molar-refractivity contribution in [3.8, 4) is 51.0 Å². The van der Waals surface area contributed by atoms with Gasteiger partial charge in [0.25, 0.3) is 0 Å². The number of hydrogen-bond donors (Lipinski definition) is 0. The zero-order valence-corrected chi connectivity index (χ0v) is 31.2. The van der Waals surface area contributed by atoms with Crippen molar-refractivity contribution in [3.05, 3.63) is 182 Å². The van der Waals surface area contributed by atoms with E-state index in [1.165, 1.54) is 42.0 Å². The fourth-order valence-corrected chi connectivity index (χ4v) is 9.64. The first kappa shape index (κ1) is 31.9. The smallest absolute Gasteiger partial charge is 0.165 e. The topological polar surface area (TPSA) is 56.7 Å². The van der Waals surface area contributed by atoms with Crippen LogP contribution in [-0.2, 0) is 0 Å². The zero-order valence-electron chi connectivity index (χ0n) is 30.4. The molecule has 0 aliphatic rings. The fourth-order valence-electron chi connectivity index (χ4n) is 8.43. The number of rotatable bonds is 5. The maximum absolute atomic E-state index is 6.71. The molecule has 0 unspecified atom stereocenters. The summed E-state index contributed by atoms with van der Waals surface area (Å²) < 4.78 is 11.5. The van der Waals surface area contributed by atoms with Crippen LogP contribution >= 0.6 is 11.3 Å². The summed E-state index contributed by atoms with van der Waals surface area (Å²) >= 11 is 1.78. The predicted octanol–water partition coefficient (Wildman–Crippen LogP) is 13.9. The molecule has 0 aliphatic carbocycles. The normalized spacial score (nSPS) is 11.9. The molecule has 0 amide bonds. The Labute approximate surface area is 330 Å². The summed E-state index contributed by atoms with van der Waals surface area (Å²) in [4.78, 5) is 15.4. The van der Waals surface area contributed by atoms with E-state index in [1.807, 2.05) is 36.4 Å². The van der Waals surface area contributed by atoms with Crippen molar-refractivity contribution in [2.45, 2.75) is 0 Å². The van der Waals surface area contributed by atoms with E-state index >= 15 is 0 Å². The Balaban J connectivity index is 1.02. The van der Waals surface area contributed by atoms with Gasteiger partial charge in [-0.2, -0.15) is 0 Å². The number of fused-ring (bicyclic) bond motifs is 9. The van der Waals surface area contributed by atoms with Gasteiger partial charge in [0, 0.05) is 69.7 Å². The van der Waals surface area contributed by atoms with E-state index in [1.54, 1.807) is 11.3 Å². The van der Waals surface area contributed by atoms with Crippen LogP contribution in [0.4, 0.5) is 0 Å². The molecule has 6 heteroatoms. The van der Waals surface area contributed by atoms with Gasteiger partial charge >= 0.3 is 0 Å². The Hall–Kier alpha value is -7.41. The molecule has 266 valence electrons. The standard InChI is InChI=1S/C51H30N4OS/c1-3-13-31(14-4-1)49-52-50(54-51(53-49)40-22-12-21-39-37-18-8-10-24-46(37)57-48(39)40)33-26-28-45-42(30-33)38-20-11-19-35(47(38)56-45)32-25-27-44-41(29-32)36-17-7-9-23-43(36)55(44)34-15-5-2-6-16-34/h1-30H. The summed E-state index contributed by atoms with van der Waals surface area (Å²) in [6, 6.07) is 63.7. The first-order chi connectivity index (χ1) is 28.2. The van der Waals surface area contributed by atoms with Crippen LogP contribution in [0, 0.1) is 0 Å². The number of furan rings is 1. The fraction of sp³-hybridized carbons (Fsp3) is 0. The van der Waals surface area contributed by atoms with Gasteiger partial charge in [-0.05, 0) is 66.2 Å². The minimum atomic E-state index is 0.615. The second-order valence-electron chi connectivity index (χ2n) is 14.4. The minimum Gasteiger partial charge on any atom is -0.455 e. The van der Waals surface area contributed by atoms with Crippen LogP contribution in [0.25, 0.3) is 115 Å². The van der Waals surface area contributed by atoms with E-state index in [2.05, 4.69) is 150 Å². The molecule has 0 fully saturated rings. The predicted molar refractivity (Wildman–Crippen MR) is 236 cm³/mol. The maximum Gasteiger partial charge on any atom is 0.165 e. The lowest BCUT2D eigenvalue weighted by atomic mass is 10.00. The zero-order chi connectivity index (χ0) is 37.5. The molecule has 12 aromatic rings. The van der Waals surface area contributed by atoms with E-state index in [0.29, 0.717) is 17.5 Å². The van der Waals surface area contributed by atoms with Crippen LogP contribution in [0.5, 0.6) is 0 Å². The maximum atomic E-state index is 6.71. The molecule has 0 atom stereocenters. The van der Waals surface area contributed by atoms with E-state index in [9.17, 15) is 0 Å². The van der Waals surface area contributed by atoms with Crippen molar-refractivity contribution in [2.24, 2.45) is 0 Å². The summed E-state index contributed by atoms with van der Waals surface area (Å²) in [5.41, 5.74) is 10.2. The van der Waals surface area contributed by atoms with Crippen LogP contribution < -0.4 is 0 Å². The quantitative estimate of drug-likeness (QED) is 0.176. The van der Waals surface area contributed by atoms with Crippen molar-refractivity contribution in [1.29, 1.82) is 0 Å². The van der Waals surface area contributed by atoms with E-state index in [4.69, 9.17) is 19.4 Å². The molecule has 4 heterocycles. The highest BCUT2D eigenvalue weighted by molar-refractivity contribution is 7.26. The van der Waals surface area contributed by atoms with Crippen molar-refractivity contribution < 1.29 is 4.42 Å². The number of thiophene rings is 1. The van der Waals surface area contributed by atoms with Crippen molar-refractivity contribution in [2.75, 3.05) is 0 Å². The van der Waals surface area contributed by atoms with Crippen LogP contribution in [-0.4, -0.2) is 19.5 Å². The monoisotopic (exact) mass is 746 g/mol. The Morgan fingerprint density at radius 3 is 1.89 bits per heavy atom. The van der Waals surface area contributed by atoms with Gasteiger partial charge in [0.15, 0.2) is 17.5 Å². The van der Waals surface area contributed by atoms with Gasteiger partial charge in [0.1, 0.15) is 11.2 Å². The van der Waals surface area contributed by atoms with Gasteiger partial charge in [-0.15, -0.1) is 11.3 Å². The van der Waals surface area contributed by atoms with Crippen LogP contribution in [0.2, 0.25) is 0 Å². The third-order valence-corrected chi connectivity index (χ3v) is 12.3. The molecule has 0 N–H and O–H groups in total. The Kier molecular flexibility index (Phi) is 7.03. The molecule has 12 rings (SSSR count). The average Bonchev–Trinajstić information content (AvgIpc) is 3.96. The van der Waals surface area contributed by atoms with Crippen molar-refractivity contribution in [1.82, 2.24) is 19.5 Å². The lowest BCUT2D eigenvalue weighted by Gasteiger charge is -2.09. The second-order valence-corrected chi connectivity index (χ2v) is 15.4. The largest absolute Gasteiger partial charge is 0.455 e. The van der Waals surface area contributed by atoms with E-state index < -0.39 is 0 Å². The van der Waals surface area contributed by atoms with Crippen LogP contribution in [0.3, 0.4) is 0 Å². The third kappa shape index (κ3) is 5.04. The molecule has 5 nitrogen and oxygen atoms in total. The first-order valence-corrected chi connectivity index (χ1v) is 19.8. The van der Waals surface area contributed by atoms with Gasteiger partial charge in [0.05, 0.1) is 11.0 Å². The molecule has 0 aliphatic heterocycles. The molecule has 0 spiro atoms. The summed E-state index contributed by atoms with van der Waals surface area (Å²) in [5.74, 6) is 1.90. The van der Waals surface area contributed by atoms with Gasteiger partial charge in [-0.25, -0.2) is 15.0 Å². The SMILES string of the molecule is c1ccc(-c2nc(-c3ccc4oc5c(-c6ccc7c(c6)c6ccccc6n7-c6ccccc6)cccc5c4c3)nc(-c3cccc4c3sc3ccccc34)n2)cc1. The highest BCUT2D eigenvalue weighted by Crippen LogP contribution is 2.42. The third-order valence-electron chi connectivity index (χ3n) is 11.1. The summed E-state index contributed by atoms with van der Waals surface area (Å²) in [6.45, 7) is 0. The second kappa shape index (κ2) is 12.6. The average molecular weight is 747 g/mol. The highest BCUT2D eigenvalue weighted by Gasteiger charge is 2.20. The minimum absolute atomic E-state index is 0.615. The Morgan fingerprint density at radius 1 is 0.404 bits per heavy atom. The molecule has 0 bridgehead atoms. The first-order valence-electron chi connectivity index (χ1n) is 19.0. The number of aromatic nitrogens is 4. The van der Waals surface area contributed by atoms with E-state index in [-0.39, 0.29) is 0 Å². The van der Waals surface area contributed by atoms with Crippen LogP contribution in [0.1, 0.15) is 0 Å². The summed E-state index contributed by atoms with van der Waals surface area (Å²) in [7, 11) is 0. The molecule has 57 heavy (non-hydrogen) atoms. The number of benzene rings is 8. The molecule has 8 aromatic carbocycles. The lowest BCUT2D eigenvalue weighted by molar-refractivity contribution is 0.670. The van der Waals surface area contributed by atoms with Gasteiger partial charge in [-0.3, -0.25) is 0 Å². The van der Waals surface area contributed by atoms with Crippen molar-refractivity contribution in [3.63, 3.8) is 0 Å². The van der Waals surface area contributed by atoms with Crippen LogP contribution in [0.15, 0.2) is 186 Å². The molecule has 0 saturated carbocycles. The van der Waals surface area contributed by atoms with Gasteiger partial charge in [-0.1, -0.05) is 121 Å². The molecule has 0 radical (unpaired) electrons.